The normalized spacial score (nSPS) is 32.0. The van der Waals surface area contributed by atoms with Crippen LogP contribution < -0.4 is 5.32 Å². The van der Waals surface area contributed by atoms with E-state index in [1.165, 1.54) is 38.5 Å². The van der Waals surface area contributed by atoms with Gasteiger partial charge < -0.3 is 10.2 Å². The van der Waals surface area contributed by atoms with Gasteiger partial charge in [0.05, 0.1) is 10.5 Å². The van der Waals surface area contributed by atoms with E-state index >= 15 is 0 Å². The third-order valence-electron chi connectivity index (χ3n) is 6.06. The first-order chi connectivity index (χ1) is 11.3. The zero-order valence-electron chi connectivity index (χ0n) is 15.8. The second kappa shape index (κ2) is 8.31. The van der Waals surface area contributed by atoms with E-state index in [1.54, 1.807) is 0 Å². The summed E-state index contributed by atoms with van der Waals surface area (Å²) in [6.45, 7) is 7.52. The Kier molecular flexibility index (Phi) is 7.07. The van der Waals surface area contributed by atoms with Crippen LogP contribution in [-0.2, 0) is 9.84 Å². The molecule has 1 heterocycles. The molecule has 0 radical (unpaired) electrons. The Balaban J connectivity index is 0.00000225. The Hall–Kier alpha value is -0.0500. The van der Waals surface area contributed by atoms with Crippen molar-refractivity contribution in [2.45, 2.75) is 70.1 Å². The standard InChI is InChI=1S/C18H33N3O2S.HI/c1-4-19-17(21-10-11-24(22,23)18(2,3)13-21)20-16-12-15(16)14-8-6-5-7-9-14;/h14-16H,4-13H2,1-3H3,(H,19,20);1H. The van der Waals surface area contributed by atoms with Crippen LogP contribution >= 0.6 is 24.0 Å². The molecule has 2 saturated carbocycles. The highest BCUT2D eigenvalue weighted by molar-refractivity contribution is 14.0. The molecule has 1 saturated heterocycles. The lowest BCUT2D eigenvalue weighted by atomic mass is 9.85. The lowest BCUT2D eigenvalue weighted by Gasteiger charge is -2.39. The molecule has 0 aromatic heterocycles. The van der Waals surface area contributed by atoms with Crippen LogP contribution in [0.15, 0.2) is 4.99 Å². The maximum Gasteiger partial charge on any atom is 0.194 e. The molecule has 0 spiro atoms. The maximum atomic E-state index is 12.2. The Morgan fingerprint density at radius 2 is 1.92 bits per heavy atom. The molecule has 0 amide bonds. The minimum Gasteiger partial charge on any atom is -0.353 e. The third-order valence-corrected chi connectivity index (χ3v) is 8.59. The molecule has 0 bridgehead atoms. The zero-order chi connectivity index (χ0) is 17.4. The van der Waals surface area contributed by atoms with Crippen molar-refractivity contribution in [1.29, 1.82) is 0 Å². The third kappa shape index (κ3) is 4.82. The van der Waals surface area contributed by atoms with Gasteiger partial charge in [-0.1, -0.05) is 32.1 Å². The monoisotopic (exact) mass is 483 g/mol. The van der Waals surface area contributed by atoms with Crippen LogP contribution in [0.4, 0.5) is 0 Å². The average Bonchev–Trinajstić information content (AvgIpc) is 3.30. The van der Waals surface area contributed by atoms with E-state index < -0.39 is 14.6 Å². The molecule has 2 atom stereocenters. The van der Waals surface area contributed by atoms with Gasteiger partial charge in [0.15, 0.2) is 15.8 Å². The molecule has 0 aromatic rings. The van der Waals surface area contributed by atoms with Gasteiger partial charge in [0.25, 0.3) is 0 Å². The van der Waals surface area contributed by atoms with Crippen LogP contribution in [-0.4, -0.2) is 55.5 Å². The van der Waals surface area contributed by atoms with Crippen molar-refractivity contribution < 1.29 is 8.42 Å². The predicted octanol–water partition coefficient (Wildman–Crippen LogP) is 3.05. The highest BCUT2D eigenvalue weighted by Crippen LogP contribution is 2.44. The molecule has 1 N–H and O–H groups in total. The summed E-state index contributed by atoms with van der Waals surface area (Å²) in [7, 11) is -3.01. The van der Waals surface area contributed by atoms with Crippen molar-refractivity contribution in [2.75, 3.05) is 25.4 Å². The van der Waals surface area contributed by atoms with Crippen LogP contribution in [0.25, 0.3) is 0 Å². The number of guanidine groups is 1. The smallest absolute Gasteiger partial charge is 0.194 e. The number of sulfone groups is 1. The molecule has 7 heteroatoms. The largest absolute Gasteiger partial charge is 0.353 e. The number of hydrogen-bond acceptors (Lipinski definition) is 3. The summed E-state index contributed by atoms with van der Waals surface area (Å²) in [5.41, 5.74) is 0. The molecule has 3 rings (SSSR count). The van der Waals surface area contributed by atoms with E-state index in [1.807, 2.05) is 20.8 Å². The molecule has 0 aromatic carbocycles. The van der Waals surface area contributed by atoms with E-state index in [2.05, 4.69) is 15.2 Å². The molecule has 5 nitrogen and oxygen atoms in total. The van der Waals surface area contributed by atoms with E-state index in [9.17, 15) is 8.42 Å². The van der Waals surface area contributed by atoms with Gasteiger partial charge in [-0.3, -0.25) is 4.99 Å². The number of aliphatic imine (C=N–C) groups is 1. The summed E-state index contributed by atoms with van der Waals surface area (Å²) in [5, 5.41) is 3.66. The van der Waals surface area contributed by atoms with Crippen molar-refractivity contribution in [2.24, 2.45) is 16.8 Å². The van der Waals surface area contributed by atoms with Gasteiger partial charge in [-0.2, -0.15) is 0 Å². The van der Waals surface area contributed by atoms with Crippen molar-refractivity contribution in [1.82, 2.24) is 10.2 Å². The average molecular weight is 483 g/mol. The van der Waals surface area contributed by atoms with Crippen molar-refractivity contribution in [3.05, 3.63) is 0 Å². The molecule has 2 aliphatic carbocycles. The van der Waals surface area contributed by atoms with Crippen LogP contribution in [0.5, 0.6) is 0 Å². The Bertz CT molecular complexity index is 585. The summed E-state index contributed by atoms with van der Waals surface area (Å²) in [6, 6.07) is 0.542. The van der Waals surface area contributed by atoms with Crippen LogP contribution in [0.2, 0.25) is 0 Å². The number of nitrogens with zero attached hydrogens (tertiary/aromatic N) is 2. The van der Waals surface area contributed by atoms with Crippen molar-refractivity contribution >= 4 is 39.8 Å². The molecule has 2 unspecified atom stereocenters. The first-order valence-electron chi connectivity index (χ1n) is 9.62. The summed E-state index contributed by atoms with van der Waals surface area (Å²) in [5.74, 6) is 2.83. The Labute approximate surface area is 170 Å². The van der Waals surface area contributed by atoms with Gasteiger partial charge in [-0.15, -0.1) is 24.0 Å². The van der Waals surface area contributed by atoms with Crippen molar-refractivity contribution in [3.63, 3.8) is 0 Å². The lowest BCUT2D eigenvalue weighted by Crippen LogP contribution is -2.57. The molecule has 25 heavy (non-hydrogen) atoms. The van der Waals surface area contributed by atoms with E-state index in [4.69, 9.17) is 0 Å². The Morgan fingerprint density at radius 1 is 1.24 bits per heavy atom. The summed E-state index contributed by atoms with van der Waals surface area (Å²) in [6.07, 6.45) is 8.21. The highest BCUT2D eigenvalue weighted by Gasteiger charge is 2.45. The van der Waals surface area contributed by atoms with Crippen LogP contribution in [0, 0.1) is 11.8 Å². The predicted molar refractivity (Wildman–Crippen MR) is 114 cm³/mol. The van der Waals surface area contributed by atoms with Crippen LogP contribution in [0.3, 0.4) is 0 Å². The maximum absolute atomic E-state index is 12.2. The van der Waals surface area contributed by atoms with Gasteiger partial charge in [-0.05, 0) is 39.0 Å². The quantitative estimate of drug-likeness (QED) is 0.381. The minimum absolute atomic E-state index is 0. The topological polar surface area (TPSA) is 61.8 Å². The first-order valence-corrected chi connectivity index (χ1v) is 11.3. The second-order valence-electron chi connectivity index (χ2n) is 8.35. The van der Waals surface area contributed by atoms with Gasteiger partial charge in [0, 0.05) is 25.7 Å². The summed E-state index contributed by atoms with van der Waals surface area (Å²) < 4.78 is 23.8. The first kappa shape index (κ1) is 21.3. The number of hydrogen-bond donors (Lipinski definition) is 1. The second-order valence-corrected chi connectivity index (χ2v) is 11.1. The molecular weight excluding hydrogens is 449 g/mol. The highest BCUT2D eigenvalue weighted by atomic mass is 127. The van der Waals surface area contributed by atoms with Gasteiger partial charge in [-0.25, -0.2) is 8.42 Å². The number of nitrogens with one attached hydrogen (secondary N) is 1. The molecule has 3 aliphatic rings. The SMILES string of the molecule is CCN=C(NC1CC1C1CCCCC1)N1CCS(=O)(=O)C(C)(C)C1.I. The minimum atomic E-state index is -3.01. The lowest BCUT2D eigenvalue weighted by molar-refractivity contribution is 0.312. The summed E-state index contributed by atoms with van der Waals surface area (Å²) in [4.78, 5) is 6.81. The number of rotatable bonds is 3. The van der Waals surface area contributed by atoms with E-state index in [0.29, 0.717) is 19.1 Å². The van der Waals surface area contributed by atoms with Gasteiger partial charge in [0.1, 0.15) is 0 Å². The Morgan fingerprint density at radius 3 is 2.52 bits per heavy atom. The molecule has 3 fully saturated rings. The molecule has 146 valence electrons. The van der Waals surface area contributed by atoms with Gasteiger partial charge in [0.2, 0.25) is 0 Å². The molecule has 1 aliphatic heterocycles. The fourth-order valence-electron chi connectivity index (χ4n) is 4.34. The fraction of sp³-hybridized carbons (Fsp3) is 0.944. The van der Waals surface area contributed by atoms with Crippen LogP contribution in [0.1, 0.15) is 59.3 Å². The fourth-order valence-corrected chi connectivity index (χ4v) is 5.71. The van der Waals surface area contributed by atoms with Gasteiger partial charge >= 0.3 is 0 Å². The van der Waals surface area contributed by atoms with E-state index in [0.717, 1.165) is 24.3 Å². The molecular formula is C18H34IN3O2S. The van der Waals surface area contributed by atoms with E-state index in [-0.39, 0.29) is 29.7 Å². The summed E-state index contributed by atoms with van der Waals surface area (Å²) >= 11 is 0. The zero-order valence-corrected chi connectivity index (χ0v) is 19.0. The number of halogens is 1. The van der Waals surface area contributed by atoms with Crippen molar-refractivity contribution in [3.8, 4) is 0 Å².